The van der Waals surface area contributed by atoms with Gasteiger partial charge >= 0.3 is 0 Å². The average molecular weight is 294 g/mol. The van der Waals surface area contributed by atoms with Crippen LogP contribution >= 0.6 is 0 Å². The van der Waals surface area contributed by atoms with Crippen LogP contribution in [0, 0.1) is 0 Å². The second kappa shape index (κ2) is 5.38. The molecule has 0 radical (unpaired) electrons. The van der Waals surface area contributed by atoms with E-state index in [1.54, 1.807) is 6.20 Å². The molecular weight excluding hydrogens is 276 g/mol. The molecule has 1 fully saturated rings. The molecule has 0 spiro atoms. The first-order chi connectivity index (χ1) is 10.8. The van der Waals surface area contributed by atoms with E-state index in [0.717, 1.165) is 47.9 Å². The molecule has 4 heterocycles. The lowest BCUT2D eigenvalue weighted by atomic mass is 10.2. The van der Waals surface area contributed by atoms with Crippen molar-refractivity contribution in [1.29, 1.82) is 0 Å². The maximum absolute atomic E-state index is 4.83. The lowest BCUT2D eigenvalue weighted by Gasteiger charge is -2.35. The van der Waals surface area contributed by atoms with Gasteiger partial charge in [0, 0.05) is 37.3 Å². The van der Waals surface area contributed by atoms with Crippen LogP contribution in [0.1, 0.15) is 6.92 Å². The van der Waals surface area contributed by atoms with Crippen molar-refractivity contribution >= 4 is 16.9 Å². The van der Waals surface area contributed by atoms with Gasteiger partial charge in [-0.15, -0.1) is 0 Å². The molecule has 4 rings (SSSR count). The van der Waals surface area contributed by atoms with Gasteiger partial charge in [-0.1, -0.05) is 6.07 Å². The van der Waals surface area contributed by atoms with Crippen molar-refractivity contribution in [3.63, 3.8) is 0 Å². The highest BCUT2D eigenvalue weighted by atomic mass is 15.3. The molecule has 1 atom stereocenters. The number of piperazine rings is 1. The van der Waals surface area contributed by atoms with Crippen LogP contribution in [0.4, 0.5) is 5.82 Å². The van der Waals surface area contributed by atoms with Crippen molar-refractivity contribution in [2.24, 2.45) is 0 Å². The van der Waals surface area contributed by atoms with Crippen molar-refractivity contribution in [3.05, 3.63) is 36.5 Å². The number of aromatic nitrogens is 4. The number of aromatic amines is 1. The summed E-state index contributed by atoms with van der Waals surface area (Å²) in [5, 5.41) is 11.8. The Morgan fingerprint density at radius 1 is 1.23 bits per heavy atom. The highest BCUT2D eigenvalue weighted by molar-refractivity contribution is 5.89. The number of fused-ring (bicyclic) bond motifs is 1. The standard InChI is InChI=1S/C16H18N6/c1-11-10-17-8-9-22(11)14-6-2-5-13(19-14)15-12-4-3-7-18-16(12)21-20-15/h2-7,11,17H,8-10H2,1H3,(H,18,20,21)/t11-/m0/s1. The van der Waals surface area contributed by atoms with E-state index >= 15 is 0 Å². The molecule has 22 heavy (non-hydrogen) atoms. The normalized spacial score (nSPS) is 18.8. The first kappa shape index (κ1) is 13.2. The summed E-state index contributed by atoms with van der Waals surface area (Å²) in [5.74, 6) is 1.01. The minimum Gasteiger partial charge on any atom is -0.351 e. The average Bonchev–Trinajstić information content (AvgIpc) is 2.99. The van der Waals surface area contributed by atoms with Crippen LogP contribution < -0.4 is 10.2 Å². The van der Waals surface area contributed by atoms with E-state index in [0.29, 0.717) is 6.04 Å². The molecule has 112 valence electrons. The van der Waals surface area contributed by atoms with Gasteiger partial charge < -0.3 is 10.2 Å². The summed E-state index contributed by atoms with van der Waals surface area (Å²) in [5.41, 5.74) is 2.52. The smallest absolute Gasteiger partial charge is 0.155 e. The summed E-state index contributed by atoms with van der Waals surface area (Å²) in [6.45, 7) is 5.17. The maximum atomic E-state index is 4.83. The third-order valence-electron chi connectivity index (χ3n) is 4.11. The summed E-state index contributed by atoms with van der Waals surface area (Å²) >= 11 is 0. The Morgan fingerprint density at radius 2 is 2.18 bits per heavy atom. The molecular formula is C16H18N6. The fourth-order valence-electron chi connectivity index (χ4n) is 2.95. The Hall–Kier alpha value is -2.47. The Balaban J connectivity index is 1.75. The molecule has 6 heteroatoms. The Bertz CT molecular complexity index is 796. The van der Waals surface area contributed by atoms with Crippen molar-refractivity contribution in [3.8, 4) is 11.4 Å². The van der Waals surface area contributed by atoms with Crippen molar-refractivity contribution in [2.75, 3.05) is 24.5 Å². The number of anilines is 1. The molecule has 0 aliphatic carbocycles. The predicted molar refractivity (Wildman–Crippen MR) is 86.8 cm³/mol. The number of hydrogen-bond acceptors (Lipinski definition) is 5. The fraction of sp³-hybridized carbons (Fsp3) is 0.312. The Labute approximate surface area is 128 Å². The number of pyridine rings is 2. The van der Waals surface area contributed by atoms with Gasteiger partial charge in [0.2, 0.25) is 0 Å². The van der Waals surface area contributed by atoms with Crippen molar-refractivity contribution in [2.45, 2.75) is 13.0 Å². The van der Waals surface area contributed by atoms with Crippen LogP contribution in [0.2, 0.25) is 0 Å². The van der Waals surface area contributed by atoms with E-state index in [1.807, 2.05) is 24.3 Å². The number of rotatable bonds is 2. The van der Waals surface area contributed by atoms with Crippen LogP contribution in [0.3, 0.4) is 0 Å². The first-order valence-corrected chi connectivity index (χ1v) is 7.57. The van der Waals surface area contributed by atoms with Gasteiger partial charge in [-0.2, -0.15) is 5.10 Å². The number of nitrogens with zero attached hydrogens (tertiary/aromatic N) is 4. The van der Waals surface area contributed by atoms with Gasteiger partial charge in [0.1, 0.15) is 11.5 Å². The molecule has 3 aromatic rings. The van der Waals surface area contributed by atoms with Gasteiger partial charge in [0.15, 0.2) is 5.65 Å². The molecule has 0 aromatic carbocycles. The van der Waals surface area contributed by atoms with Crippen molar-refractivity contribution < 1.29 is 0 Å². The topological polar surface area (TPSA) is 69.7 Å². The zero-order chi connectivity index (χ0) is 14.9. The zero-order valence-corrected chi connectivity index (χ0v) is 12.5. The van der Waals surface area contributed by atoms with E-state index < -0.39 is 0 Å². The summed E-state index contributed by atoms with van der Waals surface area (Å²) in [6.07, 6.45) is 1.76. The molecule has 1 saturated heterocycles. The minimum absolute atomic E-state index is 0.439. The molecule has 0 saturated carbocycles. The van der Waals surface area contributed by atoms with Crippen LogP contribution in [-0.2, 0) is 0 Å². The Morgan fingerprint density at radius 3 is 3.09 bits per heavy atom. The van der Waals surface area contributed by atoms with E-state index in [2.05, 4.69) is 38.4 Å². The summed E-state index contributed by atoms with van der Waals surface area (Å²) in [7, 11) is 0. The van der Waals surface area contributed by atoms with Gasteiger partial charge in [0.05, 0.1) is 5.69 Å². The zero-order valence-electron chi connectivity index (χ0n) is 12.5. The maximum Gasteiger partial charge on any atom is 0.155 e. The third-order valence-corrected chi connectivity index (χ3v) is 4.11. The largest absolute Gasteiger partial charge is 0.351 e. The quantitative estimate of drug-likeness (QED) is 0.754. The number of hydrogen-bond donors (Lipinski definition) is 2. The summed E-state index contributed by atoms with van der Waals surface area (Å²) in [4.78, 5) is 11.5. The monoisotopic (exact) mass is 294 g/mol. The van der Waals surface area contributed by atoms with Crippen LogP contribution in [0.15, 0.2) is 36.5 Å². The molecule has 0 unspecified atom stereocenters. The van der Waals surface area contributed by atoms with Crippen molar-refractivity contribution in [1.82, 2.24) is 25.5 Å². The molecule has 3 aromatic heterocycles. The third kappa shape index (κ3) is 2.21. The second-order valence-electron chi connectivity index (χ2n) is 5.60. The minimum atomic E-state index is 0.439. The fourth-order valence-corrected chi connectivity index (χ4v) is 2.95. The van der Waals surface area contributed by atoms with Gasteiger partial charge in [-0.25, -0.2) is 9.97 Å². The van der Waals surface area contributed by atoms with E-state index in [1.165, 1.54) is 0 Å². The molecule has 0 bridgehead atoms. The summed E-state index contributed by atoms with van der Waals surface area (Å²) < 4.78 is 0. The van der Waals surface area contributed by atoms with Gasteiger partial charge in [0.25, 0.3) is 0 Å². The highest BCUT2D eigenvalue weighted by Gasteiger charge is 2.20. The van der Waals surface area contributed by atoms with Crippen LogP contribution in [0.5, 0.6) is 0 Å². The lowest BCUT2D eigenvalue weighted by molar-refractivity contribution is 0.497. The number of nitrogens with one attached hydrogen (secondary N) is 2. The van der Waals surface area contributed by atoms with Crippen LogP contribution in [0.25, 0.3) is 22.4 Å². The van der Waals surface area contributed by atoms with E-state index in [9.17, 15) is 0 Å². The molecule has 6 nitrogen and oxygen atoms in total. The van der Waals surface area contributed by atoms with Crippen LogP contribution in [-0.4, -0.2) is 45.8 Å². The molecule has 2 N–H and O–H groups in total. The second-order valence-corrected chi connectivity index (χ2v) is 5.60. The molecule has 0 amide bonds. The molecule has 1 aliphatic rings. The predicted octanol–water partition coefficient (Wildman–Crippen LogP) is 1.82. The van der Waals surface area contributed by atoms with E-state index in [-0.39, 0.29) is 0 Å². The lowest BCUT2D eigenvalue weighted by Crippen LogP contribution is -2.50. The Kier molecular flexibility index (Phi) is 3.23. The first-order valence-electron chi connectivity index (χ1n) is 7.57. The number of H-pyrrole nitrogens is 1. The highest BCUT2D eigenvalue weighted by Crippen LogP contribution is 2.26. The molecule has 1 aliphatic heterocycles. The van der Waals surface area contributed by atoms with E-state index in [4.69, 9.17) is 4.98 Å². The summed E-state index contributed by atoms with van der Waals surface area (Å²) in [6, 6.07) is 10.5. The van der Waals surface area contributed by atoms with Gasteiger partial charge in [-0.05, 0) is 31.2 Å². The SMILES string of the molecule is C[C@H]1CNCCN1c1cccc(-c2n[nH]c3ncccc23)n1. The van der Waals surface area contributed by atoms with Gasteiger partial charge in [-0.3, -0.25) is 5.10 Å².